The number of benzene rings is 1. The van der Waals surface area contributed by atoms with Crippen LogP contribution in [0.3, 0.4) is 0 Å². The van der Waals surface area contributed by atoms with Gasteiger partial charge in [-0.15, -0.1) is 0 Å². The van der Waals surface area contributed by atoms with Gasteiger partial charge in [0.25, 0.3) is 0 Å². The first-order valence-corrected chi connectivity index (χ1v) is 8.80. The summed E-state index contributed by atoms with van der Waals surface area (Å²) in [6.45, 7) is -8.68. The number of rotatable bonds is 8. The zero-order valence-electron chi connectivity index (χ0n) is 30.7. The monoisotopic (exact) mass is 417 g/mol. The van der Waals surface area contributed by atoms with E-state index in [9.17, 15) is 9.59 Å². The van der Waals surface area contributed by atoms with Crippen LogP contribution < -0.4 is 10.6 Å². The first-order valence-electron chi connectivity index (χ1n) is 16.3. The Bertz CT molecular complexity index is 1430. The maximum Gasteiger partial charge on any atom is 0.363 e. The maximum atomic E-state index is 13.6. The molecule has 0 aliphatic carbocycles. The quantitative estimate of drug-likeness (QED) is 0.603. The fourth-order valence-electron chi connectivity index (χ4n) is 2.99. The van der Waals surface area contributed by atoms with Gasteiger partial charge in [-0.1, -0.05) is 25.0 Å². The summed E-state index contributed by atoms with van der Waals surface area (Å²) in [5.41, 5.74) is -4.30. The van der Waals surface area contributed by atoms with Gasteiger partial charge in [0.1, 0.15) is 5.72 Å². The highest BCUT2D eigenvalue weighted by molar-refractivity contribution is 5.94. The molecule has 0 bridgehead atoms. The van der Waals surface area contributed by atoms with E-state index in [-0.39, 0.29) is 11.2 Å². The number of carbonyl (C=O) groups excluding carboxylic acids is 1. The van der Waals surface area contributed by atoms with Crippen molar-refractivity contribution in [2.75, 3.05) is 31.5 Å². The first-order chi connectivity index (χ1) is 19.9. The lowest BCUT2D eigenvalue weighted by Gasteiger charge is -2.47. The molecule has 1 aromatic heterocycles. The minimum absolute atomic E-state index is 0.0218. The molecular formula is C20H30N6O3. The standard InChI is InChI=1S/C20H30N6O3/c1-4-18(27)26(17-9-7-6-8-10-17)20(29-3)11-13-23(14-12-20)15-16-25-19(28)24(5-2)21-22-25/h6-10H,4-5,11-16H2,1-3H3/i1D3,3D3,6D,7D,8D,9D,10D,15D2,16D2. The van der Waals surface area contributed by atoms with Crippen LogP contribution in [0, 0.1) is 0 Å². The van der Waals surface area contributed by atoms with Gasteiger partial charge in [-0.05, 0) is 29.4 Å². The number of aryl methyl sites for hydroxylation is 2. The second-order valence-electron chi connectivity index (χ2n) is 6.13. The van der Waals surface area contributed by atoms with Crippen molar-refractivity contribution in [3.05, 3.63) is 40.7 Å². The molecule has 9 nitrogen and oxygen atoms in total. The number of tetrazole rings is 1. The Hall–Kier alpha value is -2.52. The van der Waals surface area contributed by atoms with Gasteiger partial charge in [-0.25, -0.2) is 4.79 Å². The zero-order chi connectivity index (χ0) is 33.8. The van der Waals surface area contributed by atoms with E-state index in [1.165, 1.54) is 6.92 Å². The van der Waals surface area contributed by atoms with Gasteiger partial charge in [0.15, 0.2) is 0 Å². The summed E-state index contributed by atoms with van der Waals surface area (Å²) >= 11 is 0. The number of anilines is 1. The Morgan fingerprint density at radius 2 is 2.00 bits per heavy atom. The molecule has 0 N–H and O–H groups in total. The molecule has 1 amide bonds. The molecule has 29 heavy (non-hydrogen) atoms. The van der Waals surface area contributed by atoms with E-state index in [1.54, 1.807) is 0 Å². The van der Waals surface area contributed by atoms with E-state index >= 15 is 0 Å². The van der Waals surface area contributed by atoms with Crippen molar-refractivity contribution < 1.29 is 30.1 Å². The van der Waals surface area contributed by atoms with Crippen molar-refractivity contribution in [3.63, 3.8) is 0 Å². The molecule has 158 valence electrons. The molecule has 0 atom stereocenters. The second-order valence-corrected chi connectivity index (χ2v) is 6.13. The average molecular weight is 418 g/mol. The molecule has 1 aromatic carbocycles. The minimum Gasteiger partial charge on any atom is -0.358 e. The van der Waals surface area contributed by atoms with E-state index in [0.29, 0.717) is 4.90 Å². The molecule has 0 unspecified atom stereocenters. The Morgan fingerprint density at radius 3 is 2.62 bits per heavy atom. The predicted molar refractivity (Wildman–Crippen MR) is 110 cm³/mol. The molecule has 1 saturated heterocycles. The van der Waals surface area contributed by atoms with Gasteiger partial charge in [0.05, 0.1) is 20.2 Å². The summed E-state index contributed by atoms with van der Waals surface area (Å²) in [7, 11) is -3.30. The van der Waals surface area contributed by atoms with E-state index in [2.05, 4.69) is 10.4 Å². The van der Waals surface area contributed by atoms with E-state index in [0.717, 1.165) is 9.58 Å². The van der Waals surface area contributed by atoms with Gasteiger partial charge >= 0.3 is 5.69 Å². The third-order valence-corrected chi connectivity index (χ3v) is 4.51. The summed E-state index contributed by atoms with van der Waals surface area (Å²) in [4.78, 5) is 27.5. The van der Waals surface area contributed by atoms with Gasteiger partial charge < -0.3 is 9.64 Å². The number of piperidine rings is 1. The third-order valence-electron chi connectivity index (χ3n) is 4.51. The number of carbonyl (C=O) groups is 1. The number of para-hydroxylation sites is 1. The van der Waals surface area contributed by atoms with E-state index in [4.69, 9.17) is 25.3 Å². The van der Waals surface area contributed by atoms with Crippen LogP contribution in [0.2, 0.25) is 0 Å². The summed E-state index contributed by atoms with van der Waals surface area (Å²) in [6, 6.07) is -4.53. The van der Waals surface area contributed by atoms with Gasteiger partial charge in [0.2, 0.25) is 5.91 Å². The minimum atomic E-state index is -3.30. The Labute approximate surface area is 191 Å². The molecule has 2 heterocycles. The van der Waals surface area contributed by atoms with Crippen LogP contribution in [0.1, 0.15) is 53.6 Å². The summed E-state index contributed by atoms with van der Waals surface area (Å²) < 4.78 is 127. The van der Waals surface area contributed by atoms with Gasteiger partial charge in [0, 0.05) is 65.0 Å². The topological polar surface area (TPSA) is 85.5 Å². The van der Waals surface area contributed by atoms with Crippen LogP contribution in [-0.2, 0) is 22.6 Å². The Kier molecular flexibility index (Phi) is 2.92. The lowest BCUT2D eigenvalue weighted by Crippen LogP contribution is -2.59. The van der Waals surface area contributed by atoms with Crippen LogP contribution in [-0.4, -0.2) is 62.9 Å². The Balaban J connectivity index is 2.17. The molecule has 1 aliphatic heterocycles. The van der Waals surface area contributed by atoms with Crippen LogP contribution in [0.25, 0.3) is 0 Å². The van der Waals surface area contributed by atoms with Crippen LogP contribution in [0.4, 0.5) is 5.69 Å². The fourth-order valence-corrected chi connectivity index (χ4v) is 2.99. The summed E-state index contributed by atoms with van der Waals surface area (Å²) in [5.74, 6) is -1.36. The molecular weight excluding hydrogens is 372 g/mol. The van der Waals surface area contributed by atoms with Crippen LogP contribution >= 0.6 is 0 Å². The van der Waals surface area contributed by atoms with E-state index in [1.807, 2.05) is 0 Å². The highest BCUT2D eigenvalue weighted by Crippen LogP contribution is 2.34. The summed E-state index contributed by atoms with van der Waals surface area (Å²) in [6.07, 6.45) is -2.57. The molecule has 1 fully saturated rings. The molecule has 0 spiro atoms. The number of hydrogen-bond donors (Lipinski definition) is 0. The number of ether oxygens (including phenoxy) is 1. The zero-order valence-corrected chi connectivity index (χ0v) is 15.7. The number of hydrogen-bond acceptors (Lipinski definition) is 6. The smallest absolute Gasteiger partial charge is 0.358 e. The fraction of sp³-hybridized carbons (Fsp3) is 0.600. The normalized spacial score (nSPS) is 26.0. The predicted octanol–water partition coefficient (Wildman–Crippen LogP) is 1.34. The number of nitrogens with zero attached hydrogens (tertiary/aromatic N) is 6. The van der Waals surface area contributed by atoms with E-state index < -0.39 is 112 Å². The number of amides is 1. The molecule has 0 saturated carbocycles. The molecule has 3 rings (SSSR count). The number of methoxy groups -OCH3 is 1. The molecule has 0 radical (unpaired) electrons. The number of aromatic nitrogens is 4. The third kappa shape index (κ3) is 4.40. The average Bonchev–Trinajstić information content (AvgIpc) is 3.27. The molecule has 2 aromatic rings. The first kappa shape index (κ1) is 9.09. The SMILES string of the molecule is [2H]c1c([2H])c([2H])c(N(C(=O)CC([2H])([2H])[2H])C2(OC([2H])([2H])[2H])CCN(C([2H])([2H])C([2H])([2H])n3nnn(CC)c3=O)CC2)c([2H])c1[2H]. The maximum absolute atomic E-state index is 13.6. The highest BCUT2D eigenvalue weighted by atomic mass is 16.5. The lowest BCUT2D eigenvalue weighted by molar-refractivity contribution is -0.128. The molecule has 1 aliphatic rings. The number of likely N-dealkylation sites (tertiary alicyclic amines) is 1. The molecule has 9 heteroatoms. The van der Waals surface area contributed by atoms with Crippen molar-refractivity contribution in [3.8, 4) is 0 Å². The van der Waals surface area contributed by atoms with Crippen molar-refractivity contribution in [1.82, 2.24) is 24.7 Å². The van der Waals surface area contributed by atoms with Crippen LogP contribution in [0.5, 0.6) is 0 Å². The summed E-state index contributed by atoms with van der Waals surface area (Å²) in [5, 5.41) is 6.95. The second kappa shape index (κ2) is 9.32. The van der Waals surface area contributed by atoms with Crippen molar-refractivity contribution in [2.24, 2.45) is 0 Å². The van der Waals surface area contributed by atoms with Crippen LogP contribution in [0.15, 0.2) is 35.0 Å². The van der Waals surface area contributed by atoms with Gasteiger partial charge in [-0.2, -0.15) is 9.36 Å². The highest BCUT2D eigenvalue weighted by Gasteiger charge is 2.43. The lowest BCUT2D eigenvalue weighted by atomic mass is 9.96. The van der Waals surface area contributed by atoms with Crippen molar-refractivity contribution in [1.29, 1.82) is 0 Å². The Morgan fingerprint density at radius 1 is 1.28 bits per heavy atom. The van der Waals surface area contributed by atoms with Gasteiger partial charge in [-0.3, -0.25) is 9.69 Å². The largest absolute Gasteiger partial charge is 0.363 e. The van der Waals surface area contributed by atoms with Crippen molar-refractivity contribution >= 4 is 11.6 Å². The van der Waals surface area contributed by atoms with Crippen molar-refractivity contribution in [2.45, 2.75) is 51.8 Å².